The summed E-state index contributed by atoms with van der Waals surface area (Å²) in [6.45, 7) is 0. The molecule has 0 fully saturated rings. The van der Waals surface area contributed by atoms with Gasteiger partial charge < -0.3 is 9.15 Å². The molecule has 0 bridgehead atoms. The van der Waals surface area contributed by atoms with Crippen LogP contribution >= 0.6 is 0 Å². The van der Waals surface area contributed by atoms with Gasteiger partial charge in [0.2, 0.25) is 0 Å². The monoisotopic (exact) mass is 460 g/mol. The Morgan fingerprint density at radius 3 is 1.89 bits per heavy atom. The van der Waals surface area contributed by atoms with Crippen molar-refractivity contribution in [3.8, 4) is 44.9 Å². The minimum absolute atomic E-state index is 0.903. The van der Waals surface area contributed by atoms with Gasteiger partial charge >= 0.3 is 0 Å². The summed E-state index contributed by atoms with van der Waals surface area (Å²) in [5, 5.41) is 4.62. The molecule has 0 unspecified atom stereocenters. The molecule has 0 saturated heterocycles. The van der Waals surface area contributed by atoms with Crippen LogP contribution in [0, 0.1) is 0 Å². The quantitative estimate of drug-likeness (QED) is 0.256. The number of fused-ring (bicyclic) bond motifs is 5. The molecular formula is C34H20O2. The molecule has 2 heterocycles. The Kier molecular flexibility index (Phi) is 3.97. The minimum Gasteiger partial charge on any atom is -0.456 e. The number of hydrogen-bond acceptors (Lipinski definition) is 2. The highest BCUT2D eigenvalue weighted by Gasteiger charge is 2.22. The van der Waals surface area contributed by atoms with Gasteiger partial charge in [-0.25, -0.2) is 0 Å². The van der Waals surface area contributed by atoms with Crippen molar-refractivity contribution >= 4 is 32.7 Å². The molecule has 168 valence electrons. The molecule has 0 aliphatic carbocycles. The van der Waals surface area contributed by atoms with Gasteiger partial charge in [0.15, 0.2) is 0 Å². The van der Waals surface area contributed by atoms with Crippen LogP contribution in [0.2, 0.25) is 0 Å². The first-order valence-electron chi connectivity index (χ1n) is 12.2. The summed E-state index contributed by atoms with van der Waals surface area (Å²) in [5.74, 6) is 1.81. The van der Waals surface area contributed by atoms with E-state index in [0.29, 0.717) is 0 Å². The lowest BCUT2D eigenvalue weighted by molar-refractivity contribution is 0.487. The van der Waals surface area contributed by atoms with Crippen molar-refractivity contribution in [2.45, 2.75) is 0 Å². The van der Waals surface area contributed by atoms with Crippen LogP contribution < -0.4 is 4.74 Å². The Labute approximate surface area is 208 Å². The summed E-state index contributed by atoms with van der Waals surface area (Å²) in [4.78, 5) is 0. The smallest absolute Gasteiger partial charge is 0.143 e. The summed E-state index contributed by atoms with van der Waals surface area (Å²) >= 11 is 0. The van der Waals surface area contributed by atoms with Gasteiger partial charge in [-0.05, 0) is 45.8 Å². The van der Waals surface area contributed by atoms with Crippen molar-refractivity contribution in [2.75, 3.05) is 0 Å². The summed E-state index contributed by atoms with van der Waals surface area (Å²) in [6, 6.07) is 42.4. The van der Waals surface area contributed by atoms with E-state index < -0.39 is 0 Å². The fourth-order valence-electron chi connectivity index (χ4n) is 5.73. The van der Waals surface area contributed by atoms with E-state index in [1.807, 2.05) is 24.3 Å². The SMILES string of the molecule is c1ccc2c(c1)Oc1ccc(-c3ccccc3-c3cccc4c3oc3ccccc34)c3cccc-2c13. The standard InChI is InChI=1S/C34H20O2/c1-2-10-22(28-15-8-16-29-25-12-4-6-18-31(25)36-34(28)29)21(9-1)23-19-20-32-33-26(23)13-7-14-27(33)24-11-3-5-17-30(24)35-32/h1-20H. The summed E-state index contributed by atoms with van der Waals surface area (Å²) < 4.78 is 12.7. The second kappa shape index (κ2) is 7.34. The number of hydrogen-bond donors (Lipinski definition) is 0. The lowest BCUT2D eigenvalue weighted by Gasteiger charge is -2.23. The van der Waals surface area contributed by atoms with Gasteiger partial charge in [-0.1, -0.05) is 103 Å². The van der Waals surface area contributed by atoms with Gasteiger partial charge in [0.1, 0.15) is 22.7 Å². The molecule has 0 saturated carbocycles. The maximum absolute atomic E-state index is 6.40. The first-order valence-corrected chi connectivity index (χ1v) is 12.2. The van der Waals surface area contributed by atoms with Crippen LogP contribution in [0.1, 0.15) is 0 Å². The Morgan fingerprint density at radius 1 is 0.361 bits per heavy atom. The number of rotatable bonds is 2. The van der Waals surface area contributed by atoms with Crippen LogP contribution in [-0.4, -0.2) is 0 Å². The van der Waals surface area contributed by atoms with E-state index in [-0.39, 0.29) is 0 Å². The second-order valence-electron chi connectivity index (χ2n) is 9.26. The lowest BCUT2D eigenvalue weighted by Crippen LogP contribution is -1.98. The van der Waals surface area contributed by atoms with E-state index in [0.717, 1.165) is 55.5 Å². The van der Waals surface area contributed by atoms with E-state index in [1.54, 1.807) is 0 Å². The Bertz CT molecular complexity index is 1980. The largest absolute Gasteiger partial charge is 0.456 e. The van der Waals surface area contributed by atoms with Crippen molar-refractivity contribution in [2.24, 2.45) is 0 Å². The molecule has 0 atom stereocenters. The van der Waals surface area contributed by atoms with E-state index in [9.17, 15) is 0 Å². The molecule has 1 aliphatic heterocycles. The average molecular weight is 461 g/mol. The highest BCUT2D eigenvalue weighted by molar-refractivity contribution is 6.13. The molecule has 7 aromatic rings. The lowest BCUT2D eigenvalue weighted by atomic mass is 9.87. The molecule has 2 heteroatoms. The predicted molar refractivity (Wildman–Crippen MR) is 148 cm³/mol. The van der Waals surface area contributed by atoms with Crippen molar-refractivity contribution in [1.82, 2.24) is 0 Å². The third-order valence-electron chi connectivity index (χ3n) is 7.31. The maximum Gasteiger partial charge on any atom is 0.143 e. The first-order chi connectivity index (χ1) is 17.9. The molecule has 2 nitrogen and oxygen atoms in total. The Hall–Kier alpha value is -4.82. The fraction of sp³-hybridized carbons (Fsp3) is 0. The average Bonchev–Trinajstić information content (AvgIpc) is 3.33. The zero-order valence-electron chi connectivity index (χ0n) is 19.4. The topological polar surface area (TPSA) is 22.4 Å². The first kappa shape index (κ1) is 19.5. The van der Waals surface area contributed by atoms with Crippen molar-refractivity contribution in [3.63, 3.8) is 0 Å². The highest BCUT2D eigenvalue weighted by Crippen LogP contribution is 2.49. The van der Waals surface area contributed by atoms with Crippen LogP contribution in [0.15, 0.2) is 126 Å². The molecule has 0 radical (unpaired) electrons. The molecule has 0 amide bonds. The molecule has 8 rings (SSSR count). The molecule has 36 heavy (non-hydrogen) atoms. The summed E-state index contributed by atoms with van der Waals surface area (Å²) in [6.07, 6.45) is 0. The fourth-order valence-corrected chi connectivity index (χ4v) is 5.73. The Balaban J connectivity index is 1.41. The van der Waals surface area contributed by atoms with Crippen LogP contribution in [0.25, 0.3) is 66.1 Å². The van der Waals surface area contributed by atoms with Crippen LogP contribution in [0.4, 0.5) is 0 Å². The minimum atomic E-state index is 0.903. The molecule has 0 spiro atoms. The van der Waals surface area contributed by atoms with E-state index in [1.165, 1.54) is 22.1 Å². The maximum atomic E-state index is 6.40. The molecule has 6 aromatic carbocycles. The third kappa shape index (κ3) is 2.67. The normalized spacial score (nSPS) is 12.1. The third-order valence-corrected chi connectivity index (χ3v) is 7.31. The predicted octanol–water partition coefficient (Wildman–Crippen LogP) is 9.85. The molecule has 1 aromatic heterocycles. The number of para-hydroxylation sites is 3. The zero-order valence-corrected chi connectivity index (χ0v) is 19.4. The van der Waals surface area contributed by atoms with Gasteiger partial charge in [-0.3, -0.25) is 0 Å². The summed E-state index contributed by atoms with van der Waals surface area (Å²) in [5.41, 5.74) is 8.79. The van der Waals surface area contributed by atoms with E-state index >= 15 is 0 Å². The van der Waals surface area contributed by atoms with Gasteiger partial charge in [-0.15, -0.1) is 0 Å². The van der Waals surface area contributed by atoms with E-state index in [4.69, 9.17) is 9.15 Å². The number of ether oxygens (including phenoxy) is 1. The van der Waals surface area contributed by atoms with Crippen molar-refractivity contribution < 1.29 is 9.15 Å². The number of furan rings is 1. The van der Waals surface area contributed by atoms with Gasteiger partial charge in [0, 0.05) is 27.3 Å². The van der Waals surface area contributed by atoms with Gasteiger partial charge in [0.25, 0.3) is 0 Å². The molecule has 1 aliphatic rings. The van der Waals surface area contributed by atoms with E-state index in [2.05, 4.69) is 97.1 Å². The Morgan fingerprint density at radius 2 is 1.00 bits per heavy atom. The number of benzene rings is 6. The van der Waals surface area contributed by atoms with Gasteiger partial charge in [-0.2, -0.15) is 0 Å². The second-order valence-corrected chi connectivity index (χ2v) is 9.26. The van der Waals surface area contributed by atoms with Crippen LogP contribution in [-0.2, 0) is 0 Å². The van der Waals surface area contributed by atoms with Crippen LogP contribution in [0.3, 0.4) is 0 Å². The summed E-state index contributed by atoms with van der Waals surface area (Å²) in [7, 11) is 0. The van der Waals surface area contributed by atoms with Gasteiger partial charge in [0.05, 0.1) is 0 Å². The van der Waals surface area contributed by atoms with Crippen LogP contribution in [0.5, 0.6) is 11.5 Å². The molecular weight excluding hydrogens is 440 g/mol. The van der Waals surface area contributed by atoms with Crippen molar-refractivity contribution in [1.29, 1.82) is 0 Å². The zero-order chi connectivity index (χ0) is 23.6. The van der Waals surface area contributed by atoms with Crippen molar-refractivity contribution in [3.05, 3.63) is 121 Å². The molecule has 0 N–H and O–H groups in total. The highest BCUT2D eigenvalue weighted by atomic mass is 16.5.